The first-order valence-corrected chi connectivity index (χ1v) is 13.5. The molecular formula is C32H32N2O2S. The number of carbonyl (C=O) groups excluding carboxylic acids is 2. The fourth-order valence-electron chi connectivity index (χ4n) is 3.83. The summed E-state index contributed by atoms with van der Waals surface area (Å²) < 4.78 is 0. The van der Waals surface area contributed by atoms with E-state index in [1.807, 2.05) is 100 Å². The van der Waals surface area contributed by atoms with E-state index in [-0.39, 0.29) is 11.8 Å². The summed E-state index contributed by atoms with van der Waals surface area (Å²) in [6.07, 6.45) is 0. The van der Waals surface area contributed by atoms with Gasteiger partial charge in [0.1, 0.15) is 0 Å². The highest BCUT2D eigenvalue weighted by Crippen LogP contribution is 2.22. The molecule has 188 valence electrons. The highest BCUT2D eigenvalue weighted by Gasteiger charge is 2.09. The molecule has 4 aromatic carbocycles. The summed E-state index contributed by atoms with van der Waals surface area (Å²) in [5.74, 6) is 1.55. The van der Waals surface area contributed by atoms with Crippen molar-refractivity contribution in [1.82, 2.24) is 0 Å². The molecule has 4 aromatic rings. The van der Waals surface area contributed by atoms with Crippen LogP contribution in [0.1, 0.15) is 54.1 Å². The second kappa shape index (κ2) is 11.9. The van der Waals surface area contributed by atoms with E-state index in [0.717, 1.165) is 34.0 Å². The molecule has 0 heterocycles. The lowest BCUT2D eigenvalue weighted by molar-refractivity contribution is 0.101. The van der Waals surface area contributed by atoms with Crippen molar-refractivity contribution in [2.45, 2.75) is 39.2 Å². The molecule has 4 nitrogen and oxygen atoms in total. The summed E-state index contributed by atoms with van der Waals surface area (Å²) >= 11 is 1.82. The van der Waals surface area contributed by atoms with E-state index in [1.54, 1.807) is 0 Å². The van der Waals surface area contributed by atoms with Gasteiger partial charge in [-0.2, -0.15) is 11.8 Å². The lowest BCUT2D eigenvalue weighted by atomic mass is 10.1. The van der Waals surface area contributed by atoms with Crippen molar-refractivity contribution in [3.63, 3.8) is 0 Å². The molecule has 0 bridgehead atoms. The van der Waals surface area contributed by atoms with Crippen molar-refractivity contribution >= 4 is 35.0 Å². The van der Waals surface area contributed by atoms with Gasteiger partial charge in [-0.3, -0.25) is 9.59 Å². The smallest absolute Gasteiger partial charge is 0.255 e. The lowest BCUT2D eigenvalue weighted by Crippen LogP contribution is -2.12. The fourth-order valence-corrected chi connectivity index (χ4v) is 4.79. The molecule has 0 fully saturated rings. The number of benzene rings is 4. The van der Waals surface area contributed by atoms with Crippen LogP contribution >= 0.6 is 11.8 Å². The van der Waals surface area contributed by atoms with E-state index in [1.165, 1.54) is 22.3 Å². The first-order chi connectivity index (χ1) is 17.8. The lowest BCUT2D eigenvalue weighted by Gasteiger charge is -2.09. The Morgan fingerprint density at radius 1 is 0.541 bits per heavy atom. The number of aryl methyl sites for hydroxylation is 4. The maximum absolute atomic E-state index is 12.5. The van der Waals surface area contributed by atoms with Gasteiger partial charge in [-0.05, 0) is 110 Å². The van der Waals surface area contributed by atoms with E-state index in [2.05, 4.69) is 34.9 Å². The van der Waals surface area contributed by atoms with Crippen LogP contribution in [0.25, 0.3) is 0 Å². The van der Waals surface area contributed by atoms with Gasteiger partial charge in [-0.15, -0.1) is 0 Å². The van der Waals surface area contributed by atoms with Crippen LogP contribution in [0, 0.1) is 27.7 Å². The molecular weight excluding hydrogens is 476 g/mol. The van der Waals surface area contributed by atoms with Crippen LogP contribution in [0.2, 0.25) is 0 Å². The Morgan fingerprint density at radius 2 is 0.919 bits per heavy atom. The quantitative estimate of drug-likeness (QED) is 0.255. The van der Waals surface area contributed by atoms with Crippen LogP contribution in [-0.2, 0) is 11.5 Å². The van der Waals surface area contributed by atoms with Crippen LogP contribution in [0.4, 0.5) is 11.4 Å². The highest BCUT2D eigenvalue weighted by atomic mass is 32.2. The van der Waals surface area contributed by atoms with Gasteiger partial charge in [0, 0.05) is 34.0 Å². The Kier molecular flexibility index (Phi) is 8.47. The topological polar surface area (TPSA) is 58.2 Å². The molecule has 5 heteroatoms. The second-order valence-corrected chi connectivity index (χ2v) is 10.4. The number of amides is 2. The summed E-state index contributed by atoms with van der Waals surface area (Å²) in [7, 11) is 0. The molecule has 0 radical (unpaired) electrons. The molecule has 0 saturated carbocycles. The van der Waals surface area contributed by atoms with Gasteiger partial charge in [0.2, 0.25) is 0 Å². The van der Waals surface area contributed by atoms with E-state index in [9.17, 15) is 9.59 Å². The predicted molar refractivity (Wildman–Crippen MR) is 156 cm³/mol. The van der Waals surface area contributed by atoms with Gasteiger partial charge < -0.3 is 10.6 Å². The van der Waals surface area contributed by atoms with E-state index >= 15 is 0 Å². The molecule has 0 saturated heterocycles. The normalized spacial score (nSPS) is 10.7. The molecule has 2 N–H and O–H groups in total. The first-order valence-electron chi connectivity index (χ1n) is 12.3. The van der Waals surface area contributed by atoms with Gasteiger partial charge in [0.25, 0.3) is 11.8 Å². The zero-order valence-electron chi connectivity index (χ0n) is 21.7. The van der Waals surface area contributed by atoms with Crippen molar-refractivity contribution in [2.75, 3.05) is 10.6 Å². The second-order valence-electron chi connectivity index (χ2n) is 9.39. The Labute approximate surface area is 223 Å². The summed E-state index contributed by atoms with van der Waals surface area (Å²) in [6.45, 7) is 8.10. The largest absolute Gasteiger partial charge is 0.322 e. The molecule has 0 aliphatic carbocycles. The van der Waals surface area contributed by atoms with Crippen molar-refractivity contribution in [3.05, 3.63) is 129 Å². The number of anilines is 2. The number of hydrogen-bond acceptors (Lipinski definition) is 3. The van der Waals surface area contributed by atoms with Gasteiger partial charge in [0.15, 0.2) is 0 Å². The molecule has 0 aliphatic rings. The standard InChI is InChI=1S/C32H32N2O2S/c1-21-5-11-27(17-23(21)3)31(35)33-29-13-7-25(8-14-29)19-37-20-26-9-15-30(16-10-26)34-32(36)28-12-6-22(2)24(4)18-28/h5-18H,19-20H2,1-4H3,(H,33,35)(H,34,36). The number of rotatable bonds is 8. The molecule has 2 amide bonds. The zero-order chi connectivity index (χ0) is 26.4. The van der Waals surface area contributed by atoms with Crippen LogP contribution in [0.15, 0.2) is 84.9 Å². The SMILES string of the molecule is Cc1ccc(C(=O)Nc2ccc(CSCc3ccc(NC(=O)c4ccc(C)c(C)c4)cc3)cc2)cc1C. The van der Waals surface area contributed by atoms with Crippen molar-refractivity contribution in [2.24, 2.45) is 0 Å². The third kappa shape index (κ3) is 7.11. The number of hydrogen-bond donors (Lipinski definition) is 2. The summed E-state index contributed by atoms with van der Waals surface area (Å²) in [6, 6.07) is 27.5. The van der Waals surface area contributed by atoms with Crippen LogP contribution in [0.5, 0.6) is 0 Å². The number of carbonyl (C=O) groups is 2. The third-order valence-electron chi connectivity index (χ3n) is 6.50. The predicted octanol–water partition coefficient (Wildman–Crippen LogP) is 7.86. The van der Waals surface area contributed by atoms with E-state index < -0.39 is 0 Å². The van der Waals surface area contributed by atoms with E-state index in [0.29, 0.717) is 11.1 Å². The maximum Gasteiger partial charge on any atom is 0.255 e. The Morgan fingerprint density at radius 3 is 1.27 bits per heavy atom. The Hall–Kier alpha value is -3.83. The minimum absolute atomic E-state index is 0.0983. The summed E-state index contributed by atoms with van der Waals surface area (Å²) in [4.78, 5) is 25.1. The van der Waals surface area contributed by atoms with Crippen molar-refractivity contribution in [1.29, 1.82) is 0 Å². The Bertz CT molecular complexity index is 1300. The van der Waals surface area contributed by atoms with E-state index in [4.69, 9.17) is 0 Å². The van der Waals surface area contributed by atoms with Gasteiger partial charge >= 0.3 is 0 Å². The van der Waals surface area contributed by atoms with Crippen LogP contribution in [-0.4, -0.2) is 11.8 Å². The minimum Gasteiger partial charge on any atom is -0.322 e. The average molecular weight is 509 g/mol. The number of thioether (sulfide) groups is 1. The molecule has 0 atom stereocenters. The molecule has 0 unspecified atom stereocenters. The van der Waals surface area contributed by atoms with Crippen molar-refractivity contribution < 1.29 is 9.59 Å². The van der Waals surface area contributed by atoms with Crippen LogP contribution < -0.4 is 10.6 Å². The first kappa shape index (κ1) is 26.2. The zero-order valence-corrected chi connectivity index (χ0v) is 22.5. The molecule has 0 spiro atoms. The summed E-state index contributed by atoms with van der Waals surface area (Å²) in [5, 5.41) is 5.95. The molecule has 0 aliphatic heterocycles. The fraction of sp³-hybridized carbons (Fsp3) is 0.188. The molecule has 4 rings (SSSR count). The highest BCUT2D eigenvalue weighted by molar-refractivity contribution is 7.97. The minimum atomic E-state index is -0.0983. The van der Waals surface area contributed by atoms with Gasteiger partial charge in [-0.1, -0.05) is 36.4 Å². The molecule has 37 heavy (non-hydrogen) atoms. The number of nitrogens with one attached hydrogen (secondary N) is 2. The average Bonchev–Trinajstić information content (AvgIpc) is 2.89. The van der Waals surface area contributed by atoms with Crippen LogP contribution in [0.3, 0.4) is 0 Å². The van der Waals surface area contributed by atoms with Gasteiger partial charge in [-0.25, -0.2) is 0 Å². The summed E-state index contributed by atoms with van der Waals surface area (Å²) in [5.41, 5.74) is 9.87. The van der Waals surface area contributed by atoms with Gasteiger partial charge in [0.05, 0.1) is 0 Å². The van der Waals surface area contributed by atoms with Crippen molar-refractivity contribution in [3.8, 4) is 0 Å². The molecule has 0 aromatic heterocycles. The third-order valence-corrected chi connectivity index (χ3v) is 7.57. The monoisotopic (exact) mass is 508 g/mol. The maximum atomic E-state index is 12.5. The Balaban J connectivity index is 1.24.